The van der Waals surface area contributed by atoms with Crippen molar-refractivity contribution in [3.63, 3.8) is 0 Å². The van der Waals surface area contributed by atoms with Crippen LogP contribution in [-0.4, -0.2) is 52.5 Å². The lowest BCUT2D eigenvalue weighted by Gasteiger charge is -2.37. The van der Waals surface area contributed by atoms with Gasteiger partial charge >= 0.3 is 0 Å². The van der Waals surface area contributed by atoms with Crippen LogP contribution in [0.15, 0.2) is 0 Å². The van der Waals surface area contributed by atoms with Crippen molar-refractivity contribution in [3.8, 4) is 0 Å². The summed E-state index contributed by atoms with van der Waals surface area (Å²) in [5, 5.41) is 4.06. The third-order valence-corrected chi connectivity index (χ3v) is 4.62. The Balaban J connectivity index is 1.65. The van der Waals surface area contributed by atoms with Gasteiger partial charge in [0.15, 0.2) is 5.79 Å². The summed E-state index contributed by atoms with van der Waals surface area (Å²) >= 11 is 1.20. The van der Waals surface area contributed by atoms with Crippen LogP contribution in [0.4, 0.5) is 0 Å². The molecule has 0 atom stereocenters. The predicted octanol–water partition coefficient (Wildman–Crippen LogP) is 1.47. The molecule has 0 aliphatic carbocycles. The number of nitrogens with zero attached hydrogens (tertiary/aromatic N) is 3. The van der Waals surface area contributed by atoms with Crippen LogP contribution in [0.5, 0.6) is 0 Å². The van der Waals surface area contributed by atoms with Crippen molar-refractivity contribution in [3.05, 3.63) is 10.6 Å². The molecule has 0 radical (unpaired) electrons. The van der Waals surface area contributed by atoms with Gasteiger partial charge in [-0.2, -0.15) is 0 Å². The molecular weight excluding hydrogens is 278 g/mol. The van der Waals surface area contributed by atoms with Crippen molar-refractivity contribution < 1.29 is 14.3 Å². The van der Waals surface area contributed by atoms with E-state index in [1.165, 1.54) is 11.5 Å². The summed E-state index contributed by atoms with van der Waals surface area (Å²) in [6.07, 6.45) is 3.26. The first-order chi connectivity index (χ1) is 9.74. The minimum atomic E-state index is -0.436. The van der Waals surface area contributed by atoms with Crippen LogP contribution >= 0.6 is 11.5 Å². The van der Waals surface area contributed by atoms with Gasteiger partial charge in [0.2, 0.25) is 0 Å². The van der Waals surface area contributed by atoms with Gasteiger partial charge in [0.1, 0.15) is 4.88 Å². The second-order valence-electron chi connectivity index (χ2n) is 5.20. The van der Waals surface area contributed by atoms with E-state index in [0.717, 1.165) is 31.4 Å². The fraction of sp³-hybridized carbons (Fsp3) is 0.769. The van der Waals surface area contributed by atoms with Crippen molar-refractivity contribution in [2.75, 3.05) is 26.3 Å². The van der Waals surface area contributed by atoms with Gasteiger partial charge in [0.25, 0.3) is 5.91 Å². The summed E-state index contributed by atoms with van der Waals surface area (Å²) in [5.41, 5.74) is 0.830. The van der Waals surface area contributed by atoms with Crippen molar-refractivity contribution in [2.24, 2.45) is 0 Å². The van der Waals surface area contributed by atoms with E-state index >= 15 is 0 Å². The minimum Gasteiger partial charge on any atom is -0.347 e. The maximum atomic E-state index is 12.5. The van der Waals surface area contributed by atoms with Crippen LogP contribution < -0.4 is 0 Å². The maximum Gasteiger partial charge on any atom is 0.267 e. The molecule has 0 aromatic carbocycles. The Hall–Kier alpha value is -1.05. The number of hydrogen-bond donors (Lipinski definition) is 0. The lowest BCUT2D eigenvalue weighted by Crippen LogP contribution is -2.47. The smallest absolute Gasteiger partial charge is 0.267 e. The van der Waals surface area contributed by atoms with Crippen molar-refractivity contribution >= 4 is 17.4 Å². The highest BCUT2D eigenvalue weighted by Crippen LogP contribution is 2.32. The van der Waals surface area contributed by atoms with Crippen LogP contribution in [0.3, 0.4) is 0 Å². The Kier molecular flexibility index (Phi) is 4.00. The SMILES string of the molecule is CCCc1nnsc1C(=O)N1CCC2(CC1)OCCO2. The van der Waals surface area contributed by atoms with E-state index in [1.807, 2.05) is 4.90 Å². The summed E-state index contributed by atoms with van der Waals surface area (Å²) < 4.78 is 15.3. The molecule has 1 aromatic heterocycles. The Bertz CT molecular complexity index is 475. The first-order valence-electron chi connectivity index (χ1n) is 7.12. The van der Waals surface area contributed by atoms with E-state index in [0.29, 0.717) is 31.2 Å². The number of aryl methyl sites for hydroxylation is 1. The molecule has 20 heavy (non-hydrogen) atoms. The van der Waals surface area contributed by atoms with E-state index in [-0.39, 0.29) is 5.91 Å². The number of carbonyl (C=O) groups is 1. The molecule has 3 heterocycles. The molecule has 7 heteroatoms. The average Bonchev–Trinajstić information content (AvgIpc) is 3.10. The molecule has 2 fully saturated rings. The molecule has 6 nitrogen and oxygen atoms in total. The molecule has 0 saturated carbocycles. The topological polar surface area (TPSA) is 64.6 Å². The summed E-state index contributed by atoms with van der Waals surface area (Å²) in [6, 6.07) is 0. The molecule has 2 aliphatic heterocycles. The highest BCUT2D eigenvalue weighted by atomic mass is 32.1. The van der Waals surface area contributed by atoms with E-state index < -0.39 is 5.79 Å². The zero-order valence-corrected chi connectivity index (χ0v) is 12.4. The predicted molar refractivity (Wildman–Crippen MR) is 73.7 cm³/mol. The minimum absolute atomic E-state index is 0.0521. The number of likely N-dealkylation sites (tertiary alicyclic amines) is 1. The molecule has 0 unspecified atom stereocenters. The molecule has 2 aliphatic rings. The zero-order chi connectivity index (χ0) is 14.0. The quantitative estimate of drug-likeness (QED) is 0.845. The third-order valence-electron chi connectivity index (χ3n) is 3.86. The normalized spacial score (nSPS) is 21.6. The molecule has 1 spiro atoms. The summed E-state index contributed by atoms with van der Waals surface area (Å²) in [4.78, 5) is 15.1. The maximum absolute atomic E-state index is 12.5. The second-order valence-corrected chi connectivity index (χ2v) is 5.95. The fourth-order valence-corrected chi connectivity index (χ4v) is 3.43. The van der Waals surface area contributed by atoms with E-state index in [1.54, 1.807) is 0 Å². The molecule has 110 valence electrons. The Morgan fingerprint density at radius 3 is 2.70 bits per heavy atom. The average molecular weight is 297 g/mol. The number of piperidine rings is 1. The summed E-state index contributed by atoms with van der Waals surface area (Å²) in [5.74, 6) is -0.383. The highest BCUT2D eigenvalue weighted by molar-refractivity contribution is 7.08. The van der Waals surface area contributed by atoms with Gasteiger partial charge in [-0.1, -0.05) is 17.8 Å². The van der Waals surface area contributed by atoms with Crippen LogP contribution in [0.2, 0.25) is 0 Å². The molecule has 2 saturated heterocycles. The van der Waals surface area contributed by atoms with Crippen LogP contribution in [0.25, 0.3) is 0 Å². The van der Waals surface area contributed by atoms with Crippen molar-refractivity contribution in [2.45, 2.75) is 38.4 Å². The van der Waals surface area contributed by atoms with Gasteiger partial charge in [-0.05, 0) is 18.0 Å². The monoisotopic (exact) mass is 297 g/mol. The number of hydrogen-bond acceptors (Lipinski definition) is 6. The summed E-state index contributed by atoms with van der Waals surface area (Å²) in [6.45, 7) is 4.73. The standard InChI is InChI=1S/C13H19N3O3S/c1-2-3-10-11(20-15-14-10)12(17)16-6-4-13(5-7-16)18-8-9-19-13/h2-9H2,1H3. The molecular formula is C13H19N3O3S. The summed E-state index contributed by atoms with van der Waals surface area (Å²) in [7, 11) is 0. The molecule has 1 aromatic rings. The number of rotatable bonds is 3. The van der Waals surface area contributed by atoms with Gasteiger partial charge in [-0.25, -0.2) is 0 Å². The first kappa shape index (κ1) is 13.9. The van der Waals surface area contributed by atoms with Gasteiger partial charge in [0.05, 0.1) is 18.9 Å². The number of aromatic nitrogens is 2. The second kappa shape index (κ2) is 5.75. The lowest BCUT2D eigenvalue weighted by atomic mass is 10.0. The number of ether oxygens (including phenoxy) is 2. The van der Waals surface area contributed by atoms with E-state index in [4.69, 9.17) is 9.47 Å². The van der Waals surface area contributed by atoms with E-state index in [2.05, 4.69) is 16.5 Å². The number of carbonyl (C=O) groups excluding carboxylic acids is 1. The Morgan fingerprint density at radius 2 is 2.05 bits per heavy atom. The van der Waals surface area contributed by atoms with Crippen molar-refractivity contribution in [1.29, 1.82) is 0 Å². The largest absolute Gasteiger partial charge is 0.347 e. The van der Waals surface area contributed by atoms with Crippen LogP contribution in [-0.2, 0) is 15.9 Å². The van der Waals surface area contributed by atoms with Gasteiger partial charge < -0.3 is 14.4 Å². The Labute approximate surface area is 122 Å². The van der Waals surface area contributed by atoms with Gasteiger partial charge in [-0.15, -0.1) is 5.10 Å². The fourth-order valence-electron chi connectivity index (χ4n) is 2.75. The molecule has 3 rings (SSSR count). The Morgan fingerprint density at radius 1 is 1.35 bits per heavy atom. The molecule has 0 bridgehead atoms. The van der Waals surface area contributed by atoms with Crippen molar-refractivity contribution in [1.82, 2.24) is 14.5 Å². The van der Waals surface area contributed by atoms with E-state index in [9.17, 15) is 4.79 Å². The molecule has 0 N–H and O–H groups in total. The molecule has 1 amide bonds. The first-order valence-corrected chi connectivity index (χ1v) is 7.90. The third kappa shape index (κ3) is 2.57. The van der Waals surface area contributed by atoms with Crippen LogP contribution in [0.1, 0.15) is 41.6 Å². The highest BCUT2D eigenvalue weighted by Gasteiger charge is 2.41. The van der Waals surface area contributed by atoms with Gasteiger partial charge in [-0.3, -0.25) is 4.79 Å². The number of amides is 1. The van der Waals surface area contributed by atoms with Gasteiger partial charge in [0, 0.05) is 25.9 Å². The van der Waals surface area contributed by atoms with Crippen LogP contribution in [0, 0.1) is 0 Å². The lowest BCUT2D eigenvalue weighted by molar-refractivity contribution is -0.181. The zero-order valence-electron chi connectivity index (χ0n) is 11.6.